The van der Waals surface area contributed by atoms with E-state index >= 15 is 0 Å². The van der Waals surface area contributed by atoms with Crippen LogP contribution in [0.3, 0.4) is 0 Å². The molecule has 2 N–H and O–H groups in total. The first kappa shape index (κ1) is 6.30. The summed E-state index contributed by atoms with van der Waals surface area (Å²) >= 11 is 0. The third-order valence-corrected chi connectivity index (χ3v) is 0.527. The summed E-state index contributed by atoms with van der Waals surface area (Å²) in [6, 6.07) is 0. The Morgan fingerprint density at radius 1 is 1.71 bits per heavy atom. The smallest absolute Gasteiger partial charge is 0.115 e. The van der Waals surface area contributed by atoms with Crippen LogP contribution in [-0.2, 0) is 4.84 Å². The van der Waals surface area contributed by atoms with Crippen molar-refractivity contribution in [3.63, 3.8) is 0 Å². The summed E-state index contributed by atoms with van der Waals surface area (Å²) in [5, 5.41) is 2.74. The largest absolute Gasteiger partial charge is 0.374 e. The van der Waals surface area contributed by atoms with E-state index < -0.39 is 0 Å². The maximum absolute atomic E-state index is 4.48. The molecule has 0 aliphatic carbocycles. The Balaban J connectivity index is 3.00. The Bertz CT molecular complexity index is 62.7. The molecule has 0 fully saturated rings. The highest BCUT2D eigenvalue weighted by Gasteiger charge is 1.77. The van der Waals surface area contributed by atoms with E-state index in [4.69, 9.17) is 0 Å². The summed E-state index contributed by atoms with van der Waals surface area (Å²) in [6.07, 6.45) is 0. The number of hydroxylamine groups is 1. The van der Waals surface area contributed by atoms with Gasteiger partial charge in [-0.2, -0.15) is 0 Å². The fraction of sp³-hybridized carbons (Fsp3) is 0.500. The first-order valence-corrected chi connectivity index (χ1v) is 1.97. The van der Waals surface area contributed by atoms with E-state index in [-0.39, 0.29) is 0 Å². The number of hydrogen-bond acceptors (Lipinski definition) is 3. The van der Waals surface area contributed by atoms with Crippen molar-refractivity contribution in [2.45, 2.75) is 0 Å². The Labute approximate surface area is 43.3 Å². The minimum Gasteiger partial charge on any atom is -0.374 e. The molecule has 0 spiro atoms. The van der Waals surface area contributed by atoms with Gasteiger partial charge in [-0.15, -0.1) is 0 Å². The Hall–Kier alpha value is -0.700. The molecule has 0 bridgehead atoms. The van der Waals surface area contributed by atoms with Gasteiger partial charge in [0.25, 0.3) is 0 Å². The van der Waals surface area contributed by atoms with Gasteiger partial charge in [-0.25, -0.2) is 0 Å². The lowest BCUT2D eigenvalue weighted by Crippen LogP contribution is -2.20. The van der Waals surface area contributed by atoms with E-state index in [0.29, 0.717) is 5.82 Å². The molecular weight excluding hydrogens is 92.1 g/mol. The molecule has 3 heteroatoms. The van der Waals surface area contributed by atoms with Crippen molar-refractivity contribution in [1.82, 2.24) is 10.8 Å². The molecule has 0 unspecified atom stereocenters. The van der Waals surface area contributed by atoms with Crippen LogP contribution in [-0.4, -0.2) is 14.2 Å². The summed E-state index contributed by atoms with van der Waals surface area (Å²) in [6.45, 7) is 3.52. The zero-order chi connectivity index (χ0) is 5.70. The summed E-state index contributed by atoms with van der Waals surface area (Å²) in [5.41, 5.74) is 2.49. The van der Waals surface area contributed by atoms with E-state index in [1.54, 1.807) is 7.05 Å². The third-order valence-electron chi connectivity index (χ3n) is 0.527. The van der Waals surface area contributed by atoms with E-state index in [1.165, 1.54) is 7.11 Å². The lowest BCUT2D eigenvalue weighted by atomic mass is 10.8. The lowest BCUT2D eigenvalue weighted by molar-refractivity contribution is 0.113. The van der Waals surface area contributed by atoms with Gasteiger partial charge in [0.2, 0.25) is 0 Å². The van der Waals surface area contributed by atoms with Crippen LogP contribution >= 0.6 is 0 Å². The molecule has 0 aliphatic heterocycles. The average Bonchev–Trinajstić information content (AvgIpc) is 1.68. The molecule has 0 saturated heterocycles. The molecule has 0 aromatic heterocycles. The lowest BCUT2D eigenvalue weighted by Gasteiger charge is -2.02. The van der Waals surface area contributed by atoms with Crippen LogP contribution in [0.4, 0.5) is 0 Å². The van der Waals surface area contributed by atoms with Crippen molar-refractivity contribution >= 4 is 0 Å². The second-order valence-electron chi connectivity index (χ2n) is 1.03. The second kappa shape index (κ2) is 3.49. The fourth-order valence-corrected chi connectivity index (χ4v) is 0.174. The SMILES string of the molecule is C=C(NC)NOC. The molecule has 0 heterocycles. The fourth-order valence-electron chi connectivity index (χ4n) is 0.174. The molecule has 0 saturated carbocycles. The van der Waals surface area contributed by atoms with Gasteiger partial charge in [-0.3, -0.25) is 10.3 Å². The normalized spacial score (nSPS) is 7.71. The van der Waals surface area contributed by atoms with Crippen LogP contribution in [0, 0.1) is 0 Å². The van der Waals surface area contributed by atoms with Gasteiger partial charge in [0.05, 0.1) is 7.11 Å². The molecule has 0 aromatic rings. The van der Waals surface area contributed by atoms with Crippen molar-refractivity contribution < 1.29 is 4.84 Å². The Kier molecular flexibility index (Phi) is 3.14. The van der Waals surface area contributed by atoms with Crippen LogP contribution < -0.4 is 10.8 Å². The third kappa shape index (κ3) is 3.12. The molecule has 3 nitrogen and oxygen atoms in total. The zero-order valence-electron chi connectivity index (χ0n) is 4.62. The molecule has 0 amide bonds. The maximum Gasteiger partial charge on any atom is 0.115 e. The maximum atomic E-state index is 4.48. The van der Waals surface area contributed by atoms with Gasteiger partial charge in [0.1, 0.15) is 5.82 Å². The summed E-state index contributed by atoms with van der Waals surface area (Å²) in [5.74, 6) is 0.655. The predicted molar refractivity (Wildman–Crippen MR) is 28.3 cm³/mol. The van der Waals surface area contributed by atoms with Crippen LogP contribution in [0.15, 0.2) is 12.4 Å². The second-order valence-corrected chi connectivity index (χ2v) is 1.03. The van der Waals surface area contributed by atoms with Crippen LogP contribution in [0.1, 0.15) is 0 Å². The minimum atomic E-state index is 0.655. The van der Waals surface area contributed by atoms with Crippen molar-refractivity contribution in [3.8, 4) is 0 Å². The minimum absolute atomic E-state index is 0.655. The van der Waals surface area contributed by atoms with Gasteiger partial charge in [0, 0.05) is 7.05 Å². The van der Waals surface area contributed by atoms with Crippen molar-refractivity contribution in [2.24, 2.45) is 0 Å². The molecule has 0 radical (unpaired) electrons. The number of rotatable bonds is 3. The Morgan fingerprint density at radius 3 is 2.43 bits per heavy atom. The molecule has 0 atom stereocenters. The summed E-state index contributed by atoms with van der Waals surface area (Å²) in [7, 11) is 3.29. The summed E-state index contributed by atoms with van der Waals surface area (Å²) in [4.78, 5) is 4.48. The standard InChI is InChI=1S/C4H10N2O/c1-4(5-2)6-7-3/h5-6H,1H2,2-3H3. The molecular formula is C4H10N2O. The number of nitrogens with one attached hydrogen (secondary N) is 2. The van der Waals surface area contributed by atoms with E-state index in [2.05, 4.69) is 22.2 Å². The van der Waals surface area contributed by atoms with E-state index in [1.807, 2.05) is 0 Å². The van der Waals surface area contributed by atoms with Gasteiger partial charge in [-0.05, 0) is 0 Å². The molecule has 0 aromatic carbocycles. The van der Waals surface area contributed by atoms with E-state index in [0.717, 1.165) is 0 Å². The highest BCUT2D eigenvalue weighted by molar-refractivity contribution is 4.80. The van der Waals surface area contributed by atoms with Gasteiger partial charge < -0.3 is 5.32 Å². The van der Waals surface area contributed by atoms with Crippen LogP contribution in [0.25, 0.3) is 0 Å². The quantitative estimate of drug-likeness (QED) is 0.485. The average molecular weight is 102 g/mol. The highest BCUT2D eigenvalue weighted by Crippen LogP contribution is 1.67. The molecule has 42 valence electrons. The van der Waals surface area contributed by atoms with Crippen molar-refractivity contribution in [1.29, 1.82) is 0 Å². The first-order chi connectivity index (χ1) is 3.31. The zero-order valence-corrected chi connectivity index (χ0v) is 4.62. The summed E-state index contributed by atoms with van der Waals surface area (Å²) < 4.78 is 0. The van der Waals surface area contributed by atoms with Crippen molar-refractivity contribution in [3.05, 3.63) is 12.4 Å². The van der Waals surface area contributed by atoms with Crippen molar-refractivity contribution in [2.75, 3.05) is 14.2 Å². The molecule has 0 rings (SSSR count). The molecule has 0 aliphatic rings. The number of hydrogen-bond donors (Lipinski definition) is 2. The van der Waals surface area contributed by atoms with E-state index in [9.17, 15) is 0 Å². The predicted octanol–water partition coefficient (Wildman–Crippen LogP) is -0.172. The Morgan fingerprint density at radius 2 is 2.29 bits per heavy atom. The topological polar surface area (TPSA) is 33.3 Å². The highest BCUT2D eigenvalue weighted by atomic mass is 16.6. The van der Waals surface area contributed by atoms with Crippen LogP contribution in [0.5, 0.6) is 0 Å². The van der Waals surface area contributed by atoms with Gasteiger partial charge in [0.15, 0.2) is 0 Å². The van der Waals surface area contributed by atoms with Gasteiger partial charge >= 0.3 is 0 Å². The van der Waals surface area contributed by atoms with Crippen LogP contribution in [0.2, 0.25) is 0 Å². The van der Waals surface area contributed by atoms with Gasteiger partial charge in [-0.1, -0.05) is 6.58 Å². The monoisotopic (exact) mass is 102 g/mol. The molecule has 7 heavy (non-hydrogen) atoms. The first-order valence-electron chi connectivity index (χ1n) is 1.97.